The number of nitrogens with zero attached hydrogens (tertiary/aromatic N) is 1. The van der Waals surface area contributed by atoms with E-state index >= 15 is 0 Å². The van der Waals surface area contributed by atoms with Gasteiger partial charge in [-0.1, -0.05) is 6.92 Å². The van der Waals surface area contributed by atoms with Crippen LogP contribution in [0.1, 0.15) is 25.3 Å². The third-order valence-electron chi connectivity index (χ3n) is 2.34. The van der Waals surface area contributed by atoms with Gasteiger partial charge in [0.2, 0.25) is 5.91 Å². The van der Waals surface area contributed by atoms with E-state index in [1.807, 2.05) is 13.0 Å². The summed E-state index contributed by atoms with van der Waals surface area (Å²) in [5, 5.41) is 11.0. The Labute approximate surface area is 99.2 Å². The fourth-order valence-corrected chi connectivity index (χ4v) is 1.27. The van der Waals surface area contributed by atoms with Gasteiger partial charge >= 0.3 is 0 Å². The van der Waals surface area contributed by atoms with E-state index in [9.17, 15) is 9.18 Å². The maximum atomic E-state index is 13.4. The molecular weight excluding hydrogens is 221 g/mol. The van der Waals surface area contributed by atoms with Gasteiger partial charge < -0.3 is 11.1 Å². The Kier molecular flexibility index (Phi) is 4.61. The lowest BCUT2D eigenvalue weighted by atomic mass is 10.1. The molecule has 1 aromatic carbocycles. The number of nitriles is 1. The fourth-order valence-electron chi connectivity index (χ4n) is 1.27. The highest BCUT2D eigenvalue weighted by Crippen LogP contribution is 2.15. The number of halogens is 1. The van der Waals surface area contributed by atoms with Crippen LogP contribution in [0.5, 0.6) is 0 Å². The second kappa shape index (κ2) is 5.97. The smallest absolute Gasteiger partial charge is 0.226 e. The van der Waals surface area contributed by atoms with Crippen LogP contribution in [0.2, 0.25) is 0 Å². The van der Waals surface area contributed by atoms with Crippen molar-refractivity contribution in [2.24, 2.45) is 5.73 Å². The molecular formula is C12H14FN3O. The molecule has 0 spiro atoms. The summed E-state index contributed by atoms with van der Waals surface area (Å²) in [4.78, 5) is 11.5. The second-order valence-electron chi connectivity index (χ2n) is 3.73. The quantitative estimate of drug-likeness (QED) is 0.834. The molecule has 5 heteroatoms. The molecule has 0 saturated heterocycles. The van der Waals surface area contributed by atoms with E-state index < -0.39 is 5.82 Å². The van der Waals surface area contributed by atoms with Gasteiger partial charge in [-0.2, -0.15) is 5.26 Å². The normalized spacial score (nSPS) is 11.6. The minimum absolute atomic E-state index is 0.0669. The van der Waals surface area contributed by atoms with Crippen LogP contribution in [0.4, 0.5) is 10.1 Å². The summed E-state index contributed by atoms with van der Waals surface area (Å²) in [5.41, 5.74) is 5.89. The van der Waals surface area contributed by atoms with Crippen LogP contribution in [-0.4, -0.2) is 11.9 Å². The molecule has 0 radical (unpaired) electrons. The Morgan fingerprint density at radius 1 is 1.65 bits per heavy atom. The maximum Gasteiger partial charge on any atom is 0.226 e. The Bertz CT molecular complexity index is 454. The average Bonchev–Trinajstić information content (AvgIpc) is 2.31. The molecule has 0 aliphatic rings. The molecule has 4 nitrogen and oxygen atoms in total. The van der Waals surface area contributed by atoms with Crippen LogP contribution in [-0.2, 0) is 4.79 Å². The number of carbonyl (C=O) groups excluding carboxylic acids is 1. The Morgan fingerprint density at radius 2 is 2.35 bits per heavy atom. The van der Waals surface area contributed by atoms with Crippen LogP contribution < -0.4 is 11.1 Å². The van der Waals surface area contributed by atoms with Gasteiger partial charge in [0.05, 0.1) is 17.3 Å². The van der Waals surface area contributed by atoms with E-state index in [4.69, 9.17) is 11.0 Å². The number of carbonyl (C=O) groups is 1. The van der Waals surface area contributed by atoms with Crippen molar-refractivity contribution in [2.45, 2.75) is 25.8 Å². The van der Waals surface area contributed by atoms with Gasteiger partial charge in [-0.05, 0) is 24.6 Å². The summed E-state index contributed by atoms with van der Waals surface area (Å²) in [5.74, 6) is -0.953. The molecule has 0 bridgehead atoms. The van der Waals surface area contributed by atoms with Crippen molar-refractivity contribution < 1.29 is 9.18 Å². The molecule has 0 aromatic heterocycles. The molecule has 1 amide bonds. The molecule has 1 atom stereocenters. The Balaban J connectivity index is 2.69. The minimum atomic E-state index is -0.623. The maximum absolute atomic E-state index is 13.4. The zero-order valence-corrected chi connectivity index (χ0v) is 9.53. The first-order chi connectivity index (χ1) is 8.06. The largest absolute Gasteiger partial charge is 0.327 e. The summed E-state index contributed by atoms with van der Waals surface area (Å²) < 4.78 is 13.4. The van der Waals surface area contributed by atoms with E-state index in [0.29, 0.717) is 6.42 Å². The molecule has 90 valence electrons. The standard InChI is InChI=1S/C12H14FN3O/c1-2-9(15)6-12(17)16-11-4-3-8(7-14)5-10(11)13/h3-5,9H,2,6,15H2,1H3,(H,16,17). The van der Waals surface area contributed by atoms with Gasteiger partial charge in [0.25, 0.3) is 0 Å². The highest BCUT2D eigenvalue weighted by Gasteiger charge is 2.10. The van der Waals surface area contributed by atoms with E-state index in [-0.39, 0.29) is 29.6 Å². The predicted molar refractivity (Wildman–Crippen MR) is 62.6 cm³/mol. The molecule has 0 aliphatic heterocycles. The van der Waals surface area contributed by atoms with Crippen molar-refractivity contribution in [1.82, 2.24) is 0 Å². The lowest BCUT2D eigenvalue weighted by Gasteiger charge is -2.10. The molecule has 1 aromatic rings. The fraction of sp³-hybridized carbons (Fsp3) is 0.333. The van der Waals surface area contributed by atoms with Crippen LogP contribution >= 0.6 is 0 Å². The van der Waals surface area contributed by atoms with Crippen LogP contribution in [0, 0.1) is 17.1 Å². The van der Waals surface area contributed by atoms with Crippen molar-refractivity contribution in [3.05, 3.63) is 29.6 Å². The van der Waals surface area contributed by atoms with Gasteiger partial charge in [0.1, 0.15) is 5.82 Å². The van der Waals surface area contributed by atoms with Crippen LogP contribution in [0.25, 0.3) is 0 Å². The number of amides is 1. The summed E-state index contributed by atoms with van der Waals surface area (Å²) in [7, 11) is 0. The second-order valence-corrected chi connectivity index (χ2v) is 3.73. The lowest BCUT2D eigenvalue weighted by Crippen LogP contribution is -2.26. The molecule has 0 heterocycles. The van der Waals surface area contributed by atoms with Crippen molar-refractivity contribution >= 4 is 11.6 Å². The minimum Gasteiger partial charge on any atom is -0.327 e. The number of anilines is 1. The van der Waals surface area contributed by atoms with E-state index in [0.717, 1.165) is 6.07 Å². The molecule has 0 fully saturated rings. The number of benzene rings is 1. The zero-order valence-electron chi connectivity index (χ0n) is 9.53. The molecule has 1 rings (SSSR count). The predicted octanol–water partition coefficient (Wildman–Crippen LogP) is 1.76. The van der Waals surface area contributed by atoms with Crippen molar-refractivity contribution in [1.29, 1.82) is 5.26 Å². The lowest BCUT2D eigenvalue weighted by molar-refractivity contribution is -0.116. The first kappa shape index (κ1) is 13.1. The highest BCUT2D eigenvalue weighted by molar-refractivity contribution is 5.91. The number of rotatable bonds is 4. The Morgan fingerprint density at radius 3 is 2.88 bits per heavy atom. The summed E-state index contributed by atoms with van der Waals surface area (Å²) in [6.45, 7) is 1.88. The van der Waals surface area contributed by atoms with Gasteiger partial charge in [-0.25, -0.2) is 4.39 Å². The molecule has 0 aliphatic carbocycles. The molecule has 3 N–H and O–H groups in total. The third kappa shape index (κ3) is 3.85. The van der Waals surface area contributed by atoms with E-state index in [1.165, 1.54) is 12.1 Å². The summed E-state index contributed by atoms with van der Waals surface area (Å²) >= 11 is 0. The topological polar surface area (TPSA) is 78.9 Å². The monoisotopic (exact) mass is 235 g/mol. The van der Waals surface area contributed by atoms with Gasteiger partial charge in [0, 0.05) is 12.5 Å². The number of nitrogens with one attached hydrogen (secondary N) is 1. The first-order valence-electron chi connectivity index (χ1n) is 5.32. The number of hydrogen-bond donors (Lipinski definition) is 2. The van der Waals surface area contributed by atoms with E-state index in [1.54, 1.807) is 0 Å². The van der Waals surface area contributed by atoms with Gasteiger partial charge in [0.15, 0.2) is 0 Å². The van der Waals surface area contributed by atoms with Crippen LogP contribution in [0.3, 0.4) is 0 Å². The average molecular weight is 235 g/mol. The number of hydrogen-bond acceptors (Lipinski definition) is 3. The summed E-state index contributed by atoms with van der Waals surface area (Å²) in [6, 6.07) is 5.48. The molecule has 1 unspecified atom stereocenters. The Hall–Kier alpha value is -1.93. The van der Waals surface area contributed by atoms with Crippen molar-refractivity contribution in [3.8, 4) is 6.07 Å². The highest BCUT2D eigenvalue weighted by atomic mass is 19.1. The zero-order chi connectivity index (χ0) is 12.8. The van der Waals surface area contributed by atoms with Crippen LogP contribution in [0.15, 0.2) is 18.2 Å². The van der Waals surface area contributed by atoms with Crippen molar-refractivity contribution in [2.75, 3.05) is 5.32 Å². The summed E-state index contributed by atoms with van der Waals surface area (Å²) in [6.07, 6.45) is 0.833. The molecule has 0 saturated carbocycles. The van der Waals surface area contributed by atoms with Crippen molar-refractivity contribution in [3.63, 3.8) is 0 Å². The molecule has 17 heavy (non-hydrogen) atoms. The van der Waals surface area contributed by atoms with Gasteiger partial charge in [-0.15, -0.1) is 0 Å². The van der Waals surface area contributed by atoms with Gasteiger partial charge in [-0.3, -0.25) is 4.79 Å². The SMILES string of the molecule is CCC(N)CC(=O)Nc1ccc(C#N)cc1F. The number of nitrogens with two attached hydrogens (primary N) is 1. The van der Waals surface area contributed by atoms with E-state index in [2.05, 4.69) is 5.32 Å². The first-order valence-corrected chi connectivity index (χ1v) is 5.32. The third-order valence-corrected chi connectivity index (χ3v) is 2.34.